The second-order valence-corrected chi connectivity index (χ2v) is 7.49. The zero-order valence-corrected chi connectivity index (χ0v) is 17.4. The number of carbonyl (C=O) groups excluding carboxylic acids is 1. The lowest BCUT2D eigenvalue weighted by atomic mass is 9.97. The number of aryl methyl sites for hydroxylation is 1. The average Bonchev–Trinajstić information content (AvgIpc) is 3.28. The van der Waals surface area contributed by atoms with Crippen LogP contribution in [-0.2, 0) is 0 Å². The predicted octanol–water partition coefficient (Wildman–Crippen LogP) is 4.08. The van der Waals surface area contributed by atoms with E-state index in [0.717, 1.165) is 30.5 Å². The molecule has 1 amide bonds. The normalized spacial score (nSPS) is 16.4. The molecule has 1 aliphatic heterocycles. The van der Waals surface area contributed by atoms with Gasteiger partial charge >= 0.3 is 0 Å². The lowest BCUT2D eigenvalue weighted by Crippen LogP contribution is -2.39. The van der Waals surface area contributed by atoms with Crippen LogP contribution in [0.1, 0.15) is 40.6 Å². The predicted molar refractivity (Wildman–Crippen MR) is 112 cm³/mol. The van der Waals surface area contributed by atoms with Gasteiger partial charge in [0.05, 0.1) is 20.1 Å². The molecule has 2 heterocycles. The van der Waals surface area contributed by atoms with Gasteiger partial charge in [0.1, 0.15) is 0 Å². The summed E-state index contributed by atoms with van der Waals surface area (Å²) >= 11 is 0. The third-order valence-electron chi connectivity index (χ3n) is 5.41. The topological polar surface area (TPSA) is 77.7 Å². The first-order chi connectivity index (χ1) is 14.6. The Bertz CT molecular complexity index is 1050. The number of rotatable bonds is 5. The van der Waals surface area contributed by atoms with Crippen LogP contribution in [0.25, 0.3) is 11.4 Å². The highest BCUT2D eigenvalue weighted by Gasteiger charge is 2.29. The minimum atomic E-state index is 0.0221. The van der Waals surface area contributed by atoms with Crippen molar-refractivity contribution in [2.45, 2.75) is 25.7 Å². The standard InChI is InChI=1S/C23H25N3O4/c1-15-6-4-7-17(12-15)23(27)26-11-5-8-18(14-26)22-24-21(25-30-22)16-9-10-19(28-2)20(13-16)29-3/h4,6-7,9-10,12-13,18H,5,8,11,14H2,1-3H3/t18-/m0/s1. The number of ether oxygens (including phenoxy) is 2. The van der Waals surface area contributed by atoms with E-state index in [4.69, 9.17) is 14.0 Å². The summed E-state index contributed by atoms with van der Waals surface area (Å²) in [6.45, 7) is 3.30. The van der Waals surface area contributed by atoms with Crippen molar-refractivity contribution in [3.63, 3.8) is 0 Å². The second-order valence-electron chi connectivity index (χ2n) is 7.49. The van der Waals surface area contributed by atoms with Crippen molar-refractivity contribution < 1.29 is 18.8 Å². The molecule has 0 spiro atoms. The van der Waals surface area contributed by atoms with Gasteiger partial charge in [-0.05, 0) is 50.1 Å². The molecule has 0 N–H and O–H groups in total. The summed E-state index contributed by atoms with van der Waals surface area (Å²) in [4.78, 5) is 19.4. The molecule has 1 aromatic heterocycles. The Morgan fingerprint density at radius 1 is 1.13 bits per heavy atom. The summed E-state index contributed by atoms with van der Waals surface area (Å²) in [6, 6.07) is 13.2. The van der Waals surface area contributed by atoms with Crippen LogP contribution in [0, 0.1) is 6.92 Å². The molecular weight excluding hydrogens is 382 g/mol. The Kier molecular flexibility index (Phi) is 5.70. The van der Waals surface area contributed by atoms with Gasteiger partial charge in [-0.1, -0.05) is 22.9 Å². The van der Waals surface area contributed by atoms with E-state index in [0.29, 0.717) is 35.3 Å². The molecular formula is C23H25N3O4. The first-order valence-corrected chi connectivity index (χ1v) is 10.0. The van der Waals surface area contributed by atoms with E-state index in [2.05, 4.69) is 10.1 Å². The van der Waals surface area contributed by atoms with Crippen molar-refractivity contribution in [1.82, 2.24) is 15.0 Å². The number of methoxy groups -OCH3 is 2. The van der Waals surface area contributed by atoms with E-state index in [1.165, 1.54) is 0 Å². The Morgan fingerprint density at radius 3 is 2.73 bits per heavy atom. The van der Waals surface area contributed by atoms with E-state index in [-0.39, 0.29) is 11.8 Å². The van der Waals surface area contributed by atoms with Crippen molar-refractivity contribution in [3.05, 3.63) is 59.5 Å². The molecule has 7 heteroatoms. The molecule has 156 valence electrons. The van der Waals surface area contributed by atoms with Crippen molar-refractivity contribution >= 4 is 5.91 Å². The average molecular weight is 407 g/mol. The molecule has 1 saturated heterocycles. The maximum absolute atomic E-state index is 12.9. The maximum atomic E-state index is 12.9. The summed E-state index contributed by atoms with van der Waals surface area (Å²) < 4.78 is 16.2. The lowest BCUT2D eigenvalue weighted by molar-refractivity contribution is 0.0695. The monoisotopic (exact) mass is 407 g/mol. The van der Waals surface area contributed by atoms with Crippen LogP contribution in [0.3, 0.4) is 0 Å². The Morgan fingerprint density at radius 2 is 1.97 bits per heavy atom. The fourth-order valence-electron chi connectivity index (χ4n) is 3.82. The highest BCUT2D eigenvalue weighted by atomic mass is 16.5. The van der Waals surface area contributed by atoms with Gasteiger partial charge in [0.15, 0.2) is 11.5 Å². The molecule has 0 bridgehead atoms. The van der Waals surface area contributed by atoms with Crippen LogP contribution in [0.4, 0.5) is 0 Å². The number of carbonyl (C=O) groups is 1. The quantitative estimate of drug-likeness (QED) is 0.634. The zero-order chi connectivity index (χ0) is 21.1. The fraction of sp³-hybridized carbons (Fsp3) is 0.348. The molecule has 0 aliphatic carbocycles. The smallest absolute Gasteiger partial charge is 0.253 e. The molecule has 7 nitrogen and oxygen atoms in total. The third kappa shape index (κ3) is 4.01. The Balaban J connectivity index is 1.51. The van der Waals surface area contributed by atoms with Gasteiger partial charge in [0.25, 0.3) is 5.91 Å². The molecule has 3 aromatic rings. The van der Waals surface area contributed by atoms with E-state index in [9.17, 15) is 4.79 Å². The van der Waals surface area contributed by atoms with Gasteiger partial charge in [-0.2, -0.15) is 4.98 Å². The summed E-state index contributed by atoms with van der Waals surface area (Å²) in [5.74, 6) is 2.36. The summed E-state index contributed by atoms with van der Waals surface area (Å²) in [5.41, 5.74) is 2.57. The number of nitrogens with zero attached hydrogens (tertiary/aromatic N) is 3. The first kappa shape index (κ1) is 19.9. The van der Waals surface area contributed by atoms with Gasteiger partial charge in [-0.25, -0.2) is 0 Å². The van der Waals surface area contributed by atoms with Crippen LogP contribution in [0.5, 0.6) is 11.5 Å². The van der Waals surface area contributed by atoms with Gasteiger partial charge < -0.3 is 18.9 Å². The highest BCUT2D eigenvalue weighted by Crippen LogP contribution is 2.33. The number of piperidine rings is 1. The molecule has 0 saturated carbocycles. The summed E-state index contributed by atoms with van der Waals surface area (Å²) in [7, 11) is 3.18. The van der Waals surface area contributed by atoms with E-state index in [1.54, 1.807) is 14.2 Å². The summed E-state index contributed by atoms with van der Waals surface area (Å²) in [5, 5.41) is 4.15. The highest BCUT2D eigenvalue weighted by molar-refractivity contribution is 5.94. The van der Waals surface area contributed by atoms with Crippen LogP contribution in [0.2, 0.25) is 0 Å². The lowest BCUT2D eigenvalue weighted by Gasteiger charge is -2.31. The number of hydrogen-bond donors (Lipinski definition) is 0. The van der Waals surface area contributed by atoms with Crippen molar-refractivity contribution in [3.8, 4) is 22.9 Å². The zero-order valence-electron chi connectivity index (χ0n) is 17.4. The number of aromatic nitrogens is 2. The molecule has 1 aliphatic rings. The molecule has 0 radical (unpaired) electrons. The van der Waals surface area contributed by atoms with Gasteiger partial charge in [0, 0.05) is 24.2 Å². The fourth-order valence-corrected chi connectivity index (χ4v) is 3.82. The van der Waals surface area contributed by atoms with Gasteiger partial charge in [-0.3, -0.25) is 4.79 Å². The van der Waals surface area contributed by atoms with Crippen molar-refractivity contribution in [2.75, 3.05) is 27.3 Å². The Labute approximate surface area is 175 Å². The van der Waals surface area contributed by atoms with Crippen LogP contribution in [-0.4, -0.2) is 48.3 Å². The number of amides is 1. The molecule has 1 atom stereocenters. The molecule has 2 aromatic carbocycles. The van der Waals surface area contributed by atoms with Crippen molar-refractivity contribution in [2.24, 2.45) is 0 Å². The summed E-state index contributed by atoms with van der Waals surface area (Å²) in [6.07, 6.45) is 1.81. The third-order valence-corrected chi connectivity index (χ3v) is 5.41. The van der Waals surface area contributed by atoms with Gasteiger partial charge in [0.2, 0.25) is 11.7 Å². The second kappa shape index (κ2) is 8.57. The van der Waals surface area contributed by atoms with E-state index < -0.39 is 0 Å². The van der Waals surface area contributed by atoms with Crippen LogP contribution >= 0.6 is 0 Å². The van der Waals surface area contributed by atoms with Crippen LogP contribution < -0.4 is 9.47 Å². The number of likely N-dealkylation sites (tertiary alicyclic amines) is 1. The molecule has 1 fully saturated rings. The number of hydrogen-bond acceptors (Lipinski definition) is 6. The van der Waals surface area contributed by atoms with Crippen molar-refractivity contribution in [1.29, 1.82) is 0 Å². The van der Waals surface area contributed by atoms with Crippen LogP contribution in [0.15, 0.2) is 47.0 Å². The number of benzene rings is 2. The van der Waals surface area contributed by atoms with Gasteiger partial charge in [-0.15, -0.1) is 0 Å². The molecule has 4 rings (SSSR count). The molecule has 0 unspecified atom stereocenters. The first-order valence-electron chi connectivity index (χ1n) is 10.0. The minimum absolute atomic E-state index is 0.0221. The maximum Gasteiger partial charge on any atom is 0.253 e. The minimum Gasteiger partial charge on any atom is -0.493 e. The van der Waals surface area contributed by atoms with E-state index in [1.807, 2.05) is 54.3 Å². The SMILES string of the molecule is COc1ccc(-c2noc([C@H]3CCCN(C(=O)c4cccc(C)c4)C3)n2)cc1OC. The van der Waals surface area contributed by atoms with E-state index >= 15 is 0 Å². The molecule has 30 heavy (non-hydrogen) atoms. The largest absolute Gasteiger partial charge is 0.493 e. The Hall–Kier alpha value is -3.35.